The summed E-state index contributed by atoms with van der Waals surface area (Å²) in [6, 6.07) is 19.9. The van der Waals surface area contributed by atoms with Crippen LogP contribution in [0, 0.1) is 4.51 Å². The summed E-state index contributed by atoms with van der Waals surface area (Å²) in [5.74, 6) is 0.554. The number of amides is 1. The monoisotopic (exact) mass is 619 g/mol. The molecule has 2 aliphatic heterocycles. The number of ether oxygens (including phenoxy) is 4. The van der Waals surface area contributed by atoms with Crippen LogP contribution in [-0.4, -0.2) is 55.6 Å². The Morgan fingerprint density at radius 1 is 1.05 bits per heavy atom. The molecule has 0 aliphatic carbocycles. The number of nitrogens with one attached hydrogen (secondary N) is 1. The number of hydrogen-bond acceptors (Lipinski definition) is 7. The molecule has 6 rings (SSSR count). The van der Waals surface area contributed by atoms with Gasteiger partial charge in [-0.15, -0.1) is 0 Å². The van der Waals surface area contributed by atoms with Gasteiger partial charge in [0.25, 0.3) is 5.91 Å². The van der Waals surface area contributed by atoms with Crippen molar-refractivity contribution in [2.24, 2.45) is 0 Å². The van der Waals surface area contributed by atoms with E-state index < -0.39 is 0 Å². The normalized spacial score (nSPS) is 16.7. The molecule has 1 fully saturated rings. The maximum Gasteiger partial charge on any atom is 0.254 e. The van der Waals surface area contributed by atoms with Crippen molar-refractivity contribution >= 4 is 40.6 Å². The molecule has 224 valence electrons. The Hall–Kier alpha value is -3.31. The molecule has 3 aromatic carbocycles. The van der Waals surface area contributed by atoms with Crippen LogP contribution in [0.2, 0.25) is 5.02 Å². The Morgan fingerprint density at radius 3 is 2.53 bits per heavy atom. The van der Waals surface area contributed by atoms with Crippen LogP contribution in [0.5, 0.6) is 5.75 Å². The highest BCUT2D eigenvalue weighted by Gasteiger charge is 2.26. The fourth-order valence-electron chi connectivity index (χ4n) is 5.56. The fourth-order valence-corrected chi connectivity index (χ4v) is 5.98. The Balaban J connectivity index is 1.33. The number of morpholine rings is 1. The number of rotatable bonds is 10. The third-order valence-electron chi connectivity index (χ3n) is 7.77. The number of halogens is 1. The first-order valence-corrected chi connectivity index (χ1v) is 15.1. The summed E-state index contributed by atoms with van der Waals surface area (Å²) in [5, 5.41) is 4.54. The van der Waals surface area contributed by atoms with Crippen molar-refractivity contribution in [1.29, 1.82) is 0 Å². The molecule has 10 heteroatoms. The van der Waals surface area contributed by atoms with Crippen LogP contribution in [0.3, 0.4) is 0 Å². The van der Waals surface area contributed by atoms with Gasteiger partial charge in [0, 0.05) is 49.9 Å². The predicted octanol–water partition coefficient (Wildman–Crippen LogP) is 6.04. The fraction of sp³-hybridized carbons (Fsp3) is 0.333. The standard InChI is InChI=1S/C33H34ClN3O5S/c1-39-21-41-20-23-2-6-25(7-3-23)30-19-37-18-28(33(38)35-16-22-4-8-26(34)9-5-22)32(43)27-14-24(15-29(42-30)31(27)37)17-36-10-12-40-13-11-36/h2-9,14-15,18,30H,10-13,16-17,19-21H2,1H3,(H,35,38). The zero-order valence-corrected chi connectivity index (χ0v) is 25.6. The van der Waals surface area contributed by atoms with Crippen LogP contribution in [0.25, 0.3) is 10.9 Å². The molecule has 1 aromatic heterocycles. The number of benzene rings is 3. The molecule has 2 aliphatic rings. The maximum atomic E-state index is 13.5. The lowest BCUT2D eigenvalue weighted by Gasteiger charge is -2.31. The van der Waals surface area contributed by atoms with Gasteiger partial charge in [-0.05, 0) is 46.5 Å². The van der Waals surface area contributed by atoms with Crippen molar-refractivity contribution in [3.05, 3.63) is 104 Å². The number of carbonyl (C=O) groups is 1. The molecule has 1 N–H and O–H groups in total. The number of hydrogen-bond donors (Lipinski definition) is 1. The smallest absolute Gasteiger partial charge is 0.254 e. The molecule has 43 heavy (non-hydrogen) atoms. The van der Waals surface area contributed by atoms with Crippen molar-refractivity contribution in [2.45, 2.75) is 32.3 Å². The third kappa shape index (κ3) is 6.93. The Kier molecular flexibility index (Phi) is 9.37. The number of pyridine rings is 1. The molecule has 1 saturated heterocycles. The van der Waals surface area contributed by atoms with Gasteiger partial charge in [-0.25, -0.2) is 0 Å². The Morgan fingerprint density at radius 2 is 1.79 bits per heavy atom. The zero-order chi connectivity index (χ0) is 29.8. The lowest BCUT2D eigenvalue weighted by Crippen LogP contribution is -2.35. The topological polar surface area (TPSA) is 74.2 Å². The first kappa shape index (κ1) is 29.7. The first-order valence-electron chi connectivity index (χ1n) is 14.3. The minimum atomic E-state index is -0.241. The molecule has 0 saturated carbocycles. The SMILES string of the molecule is COCOCc1ccc(C2Cn3cc(C(=O)NCc4ccc(Cl)cc4)c(=S)c4cc(CN5CCOCC5)cc(c43)O2)cc1. The summed E-state index contributed by atoms with van der Waals surface area (Å²) in [7, 11) is 1.61. The highest BCUT2D eigenvalue weighted by Crippen LogP contribution is 2.38. The van der Waals surface area contributed by atoms with Gasteiger partial charge in [-0.3, -0.25) is 9.69 Å². The summed E-state index contributed by atoms with van der Waals surface area (Å²) < 4.78 is 25.3. The molecule has 8 nitrogen and oxygen atoms in total. The van der Waals surface area contributed by atoms with Gasteiger partial charge in [-0.2, -0.15) is 0 Å². The molecule has 0 bridgehead atoms. The molecule has 3 heterocycles. The van der Waals surface area contributed by atoms with Crippen molar-refractivity contribution in [3.8, 4) is 5.75 Å². The van der Waals surface area contributed by atoms with Crippen LogP contribution < -0.4 is 10.1 Å². The van der Waals surface area contributed by atoms with Crippen LogP contribution in [0.4, 0.5) is 0 Å². The second-order valence-electron chi connectivity index (χ2n) is 10.8. The summed E-state index contributed by atoms with van der Waals surface area (Å²) in [5.41, 5.74) is 5.51. The van der Waals surface area contributed by atoms with Crippen molar-refractivity contribution in [1.82, 2.24) is 14.8 Å². The van der Waals surface area contributed by atoms with Gasteiger partial charge in [-0.1, -0.05) is 60.2 Å². The van der Waals surface area contributed by atoms with E-state index in [0.717, 1.165) is 71.8 Å². The van der Waals surface area contributed by atoms with Gasteiger partial charge in [0.05, 0.1) is 42.0 Å². The van der Waals surface area contributed by atoms with Crippen molar-refractivity contribution in [3.63, 3.8) is 0 Å². The summed E-state index contributed by atoms with van der Waals surface area (Å²) in [4.78, 5) is 15.9. The number of methoxy groups -OCH3 is 1. The Bertz CT molecular complexity index is 1650. The number of carbonyl (C=O) groups excluding carboxylic acids is 1. The number of nitrogens with zero attached hydrogens (tertiary/aromatic N) is 2. The van der Waals surface area contributed by atoms with E-state index in [-0.39, 0.29) is 18.8 Å². The number of aromatic nitrogens is 1. The van der Waals surface area contributed by atoms with Crippen molar-refractivity contribution in [2.75, 3.05) is 40.2 Å². The predicted molar refractivity (Wildman–Crippen MR) is 168 cm³/mol. The van der Waals surface area contributed by atoms with E-state index in [4.69, 9.17) is 42.8 Å². The molecule has 0 spiro atoms. The maximum absolute atomic E-state index is 13.5. The molecule has 1 unspecified atom stereocenters. The van der Waals surface area contributed by atoms with E-state index in [0.29, 0.717) is 34.8 Å². The quantitative estimate of drug-likeness (QED) is 0.132. The molecule has 0 radical (unpaired) electrons. The molecule has 1 amide bonds. The first-order chi connectivity index (χ1) is 21.0. The van der Waals surface area contributed by atoms with Gasteiger partial charge in [0.1, 0.15) is 18.6 Å². The van der Waals surface area contributed by atoms with Crippen LogP contribution >= 0.6 is 23.8 Å². The van der Waals surface area contributed by atoms with Gasteiger partial charge < -0.3 is 28.8 Å². The van der Waals surface area contributed by atoms with E-state index in [1.807, 2.05) is 42.6 Å². The van der Waals surface area contributed by atoms with Crippen molar-refractivity contribution < 1.29 is 23.7 Å². The van der Waals surface area contributed by atoms with Gasteiger partial charge in [0.2, 0.25) is 0 Å². The largest absolute Gasteiger partial charge is 0.482 e. The second kappa shape index (κ2) is 13.5. The summed E-state index contributed by atoms with van der Waals surface area (Å²) in [6.45, 7) is 5.55. The minimum absolute atomic E-state index is 0.214. The van der Waals surface area contributed by atoms with E-state index >= 15 is 0 Å². The highest BCUT2D eigenvalue weighted by molar-refractivity contribution is 7.71. The second-order valence-corrected chi connectivity index (χ2v) is 11.7. The van der Waals surface area contributed by atoms with Crippen LogP contribution in [-0.2, 0) is 40.5 Å². The minimum Gasteiger partial charge on any atom is -0.482 e. The van der Waals surface area contributed by atoms with Gasteiger partial charge in [0.15, 0.2) is 0 Å². The summed E-state index contributed by atoms with van der Waals surface area (Å²) >= 11 is 12.0. The average molecular weight is 620 g/mol. The zero-order valence-electron chi connectivity index (χ0n) is 24.0. The molecule has 1 atom stereocenters. The van der Waals surface area contributed by atoms with E-state index in [1.54, 1.807) is 7.11 Å². The van der Waals surface area contributed by atoms with E-state index in [2.05, 4.69) is 39.0 Å². The summed E-state index contributed by atoms with van der Waals surface area (Å²) in [6.07, 6.45) is 1.63. The highest BCUT2D eigenvalue weighted by atomic mass is 35.5. The van der Waals surface area contributed by atoms with E-state index in [1.165, 1.54) is 0 Å². The third-order valence-corrected chi connectivity index (χ3v) is 8.46. The lowest BCUT2D eigenvalue weighted by molar-refractivity contribution is -0.0390. The lowest BCUT2D eigenvalue weighted by atomic mass is 10.0. The molecular formula is C33H34ClN3O5S. The van der Waals surface area contributed by atoms with Gasteiger partial charge >= 0.3 is 0 Å². The molecular weight excluding hydrogens is 586 g/mol. The van der Waals surface area contributed by atoms with Crippen LogP contribution in [0.1, 0.15) is 38.7 Å². The van der Waals surface area contributed by atoms with E-state index in [9.17, 15) is 4.79 Å². The average Bonchev–Trinajstić information content (AvgIpc) is 3.03. The van der Waals surface area contributed by atoms with Crippen LogP contribution in [0.15, 0.2) is 66.9 Å². The Labute approximate surface area is 261 Å². The molecule has 4 aromatic rings.